The maximum atomic E-state index is 12.7. The summed E-state index contributed by atoms with van der Waals surface area (Å²) in [5.74, 6) is -2.49. The van der Waals surface area contributed by atoms with Crippen molar-refractivity contribution in [1.29, 1.82) is 0 Å². The Morgan fingerprint density at radius 3 is 2.27 bits per heavy atom. The van der Waals surface area contributed by atoms with Gasteiger partial charge in [0.2, 0.25) is 0 Å². The molecule has 0 spiro atoms. The number of hydrogen-bond acceptors (Lipinski definition) is 5. The SMILES string of the molecule is Cc1ccc(N2C(=O)C(Cl)=C(Nc3ccc(C(=O)[O-])cc3)C2=O)c(C)c1. The van der Waals surface area contributed by atoms with E-state index in [-0.39, 0.29) is 16.3 Å². The number of rotatable bonds is 4. The lowest BCUT2D eigenvalue weighted by Gasteiger charge is -2.18. The Morgan fingerprint density at radius 1 is 1.04 bits per heavy atom. The van der Waals surface area contributed by atoms with Crippen molar-refractivity contribution in [2.24, 2.45) is 0 Å². The minimum atomic E-state index is -1.30. The summed E-state index contributed by atoms with van der Waals surface area (Å²) >= 11 is 6.08. The Balaban J connectivity index is 1.90. The Kier molecular flexibility index (Phi) is 4.52. The summed E-state index contributed by atoms with van der Waals surface area (Å²) < 4.78 is 0. The molecule has 0 aliphatic carbocycles. The Bertz CT molecular complexity index is 964. The number of hydrogen-bond donors (Lipinski definition) is 1. The van der Waals surface area contributed by atoms with E-state index in [1.807, 2.05) is 13.0 Å². The topological polar surface area (TPSA) is 89.5 Å². The van der Waals surface area contributed by atoms with Gasteiger partial charge in [-0.3, -0.25) is 9.59 Å². The Morgan fingerprint density at radius 2 is 1.69 bits per heavy atom. The van der Waals surface area contributed by atoms with Gasteiger partial charge in [0.05, 0.1) is 11.7 Å². The summed E-state index contributed by atoms with van der Waals surface area (Å²) in [5.41, 5.74) is 2.62. The van der Waals surface area contributed by atoms with E-state index in [0.29, 0.717) is 11.4 Å². The van der Waals surface area contributed by atoms with Crippen molar-refractivity contribution in [2.75, 3.05) is 10.2 Å². The van der Waals surface area contributed by atoms with Crippen molar-refractivity contribution in [2.45, 2.75) is 13.8 Å². The first-order valence-electron chi connectivity index (χ1n) is 7.74. The number of benzene rings is 2. The lowest BCUT2D eigenvalue weighted by atomic mass is 10.1. The second kappa shape index (κ2) is 6.65. The summed E-state index contributed by atoms with van der Waals surface area (Å²) in [6.45, 7) is 3.72. The van der Waals surface area contributed by atoms with Gasteiger partial charge in [-0.15, -0.1) is 0 Å². The number of aromatic carboxylic acids is 1. The molecule has 6 nitrogen and oxygen atoms in total. The predicted molar refractivity (Wildman–Crippen MR) is 95.7 cm³/mol. The lowest BCUT2D eigenvalue weighted by Crippen LogP contribution is -2.32. The Hall–Kier alpha value is -3.12. The molecule has 0 unspecified atom stereocenters. The van der Waals surface area contributed by atoms with Crippen LogP contribution >= 0.6 is 11.6 Å². The van der Waals surface area contributed by atoms with Crippen LogP contribution in [0.5, 0.6) is 0 Å². The smallest absolute Gasteiger partial charge is 0.283 e. The van der Waals surface area contributed by atoms with E-state index < -0.39 is 17.8 Å². The zero-order chi connectivity index (χ0) is 19.0. The predicted octanol–water partition coefficient (Wildman–Crippen LogP) is 2.10. The average molecular weight is 370 g/mol. The van der Waals surface area contributed by atoms with Crippen LogP contribution in [0.4, 0.5) is 11.4 Å². The molecule has 3 rings (SSSR count). The van der Waals surface area contributed by atoms with E-state index in [4.69, 9.17) is 11.6 Å². The van der Waals surface area contributed by atoms with Crippen molar-refractivity contribution < 1.29 is 19.5 Å². The first-order chi connectivity index (χ1) is 12.3. The molecule has 26 heavy (non-hydrogen) atoms. The molecule has 0 saturated carbocycles. The molecule has 1 N–H and O–H groups in total. The minimum absolute atomic E-state index is 0.00126. The highest BCUT2D eigenvalue weighted by Gasteiger charge is 2.39. The fourth-order valence-electron chi connectivity index (χ4n) is 2.72. The number of carboxylic acid groups (broad SMARTS) is 1. The van der Waals surface area contributed by atoms with Crippen LogP contribution < -0.4 is 15.3 Å². The fraction of sp³-hybridized carbons (Fsp3) is 0.105. The number of carbonyl (C=O) groups excluding carboxylic acids is 3. The van der Waals surface area contributed by atoms with Gasteiger partial charge >= 0.3 is 0 Å². The van der Waals surface area contributed by atoms with Crippen LogP contribution in [0.25, 0.3) is 0 Å². The molecule has 1 aliphatic rings. The first kappa shape index (κ1) is 17.7. The molecule has 0 atom stereocenters. The maximum absolute atomic E-state index is 12.7. The molecule has 2 aromatic rings. The highest BCUT2D eigenvalue weighted by Crippen LogP contribution is 2.32. The van der Waals surface area contributed by atoms with Gasteiger partial charge in [-0.1, -0.05) is 41.4 Å². The van der Waals surface area contributed by atoms with Gasteiger partial charge < -0.3 is 15.2 Å². The van der Waals surface area contributed by atoms with Crippen LogP contribution in [0.2, 0.25) is 0 Å². The number of nitrogens with zero attached hydrogens (tertiary/aromatic N) is 1. The van der Waals surface area contributed by atoms with Crippen LogP contribution in [-0.2, 0) is 9.59 Å². The fourth-order valence-corrected chi connectivity index (χ4v) is 2.93. The van der Waals surface area contributed by atoms with Gasteiger partial charge in [-0.25, -0.2) is 4.90 Å². The monoisotopic (exact) mass is 369 g/mol. The van der Waals surface area contributed by atoms with E-state index >= 15 is 0 Å². The van der Waals surface area contributed by atoms with Gasteiger partial charge in [0.25, 0.3) is 11.8 Å². The molecule has 0 aromatic heterocycles. The molecule has 2 aromatic carbocycles. The van der Waals surface area contributed by atoms with Gasteiger partial charge in [-0.05, 0) is 43.2 Å². The van der Waals surface area contributed by atoms with Crippen LogP contribution in [0.3, 0.4) is 0 Å². The zero-order valence-electron chi connectivity index (χ0n) is 14.0. The molecular weight excluding hydrogens is 356 g/mol. The van der Waals surface area contributed by atoms with Gasteiger partial charge in [-0.2, -0.15) is 0 Å². The normalized spacial score (nSPS) is 14.2. The molecule has 2 amide bonds. The minimum Gasteiger partial charge on any atom is -0.545 e. The number of anilines is 2. The molecule has 132 valence electrons. The highest BCUT2D eigenvalue weighted by molar-refractivity contribution is 6.53. The quantitative estimate of drug-likeness (QED) is 0.833. The molecule has 0 bridgehead atoms. The number of carboxylic acids is 1. The number of amides is 2. The van der Waals surface area contributed by atoms with Crippen molar-refractivity contribution in [3.63, 3.8) is 0 Å². The number of nitrogens with one attached hydrogen (secondary N) is 1. The second-order valence-electron chi connectivity index (χ2n) is 5.91. The van der Waals surface area contributed by atoms with Crippen molar-refractivity contribution in [3.8, 4) is 0 Å². The van der Waals surface area contributed by atoms with Crippen LogP contribution in [0.1, 0.15) is 21.5 Å². The standard InChI is InChI=1S/C19H15ClN2O4/c1-10-3-8-14(11(2)9-10)22-17(23)15(20)16(18(22)24)21-13-6-4-12(5-7-13)19(25)26/h3-9,21H,1-2H3,(H,25,26)/p-1. The molecular formula is C19H14ClN2O4-. The lowest BCUT2D eigenvalue weighted by molar-refractivity contribution is -0.255. The maximum Gasteiger partial charge on any atom is 0.283 e. The molecule has 1 heterocycles. The third-order valence-electron chi connectivity index (χ3n) is 4.01. The van der Waals surface area contributed by atoms with E-state index in [0.717, 1.165) is 16.0 Å². The molecule has 0 saturated heterocycles. The van der Waals surface area contributed by atoms with Crippen molar-refractivity contribution in [1.82, 2.24) is 0 Å². The number of imide groups is 1. The summed E-state index contributed by atoms with van der Waals surface area (Å²) in [7, 11) is 0. The highest BCUT2D eigenvalue weighted by atomic mass is 35.5. The van der Waals surface area contributed by atoms with Crippen molar-refractivity contribution in [3.05, 3.63) is 69.9 Å². The first-order valence-corrected chi connectivity index (χ1v) is 8.11. The molecule has 7 heteroatoms. The van der Waals surface area contributed by atoms with Crippen LogP contribution in [0, 0.1) is 13.8 Å². The van der Waals surface area contributed by atoms with E-state index in [1.54, 1.807) is 19.1 Å². The summed E-state index contributed by atoms with van der Waals surface area (Å²) in [4.78, 5) is 37.0. The molecule has 0 fully saturated rings. The van der Waals surface area contributed by atoms with E-state index in [9.17, 15) is 19.5 Å². The summed E-state index contributed by atoms with van der Waals surface area (Å²) in [5, 5.41) is 13.4. The number of carbonyl (C=O) groups is 3. The van der Waals surface area contributed by atoms with E-state index in [1.165, 1.54) is 24.3 Å². The second-order valence-corrected chi connectivity index (χ2v) is 6.29. The summed E-state index contributed by atoms with van der Waals surface area (Å²) in [6, 6.07) is 10.9. The Labute approximate surface area is 154 Å². The number of aryl methyl sites for hydroxylation is 2. The number of halogens is 1. The average Bonchev–Trinajstić information content (AvgIpc) is 2.80. The zero-order valence-corrected chi connectivity index (χ0v) is 14.8. The van der Waals surface area contributed by atoms with Crippen LogP contribution in [0.15, 0.2) is 53.2 Å². The third-order valence-corrected chi connectivity index (χ3v) is 4.36. The van der Waals surface area contributed by atoms with E-state index in [2.05, 4.69) is 5.32 Å². The molecule has 1 aliphatic heterocycles. The third kappa shape index (κ3) is 3.07. The van der Waals surface area contributed by atoms with Gasteiger partial charge in [0, 0.05) is 5.69 Å². The molecule has 0 radical (unpaired) electrons. The summed E-state index contributed by atoms with van der Waals surface area (Å²) in [6.07, 6.45) is 0. The van der Waals surface area contributed by atoms with Gasteiger partial charge in [0.1, 0.15) is 10.7 Å². The van der Waals surface area contributed by atoms with Gasteiger partial charge in [0.15, 0.2) is 0 Å². The van der Waals surface area contributed by atoms with Crippen LogP contribution in [-0.4, -0.2) is 17.8 Å². The van der Waals surface area contributed by atoms with Crippen molar-refractivity contribution >= 4 is 40.8 Å². The largest absolute Gasteiger partial charge is 0.545 e.